The van der Waals surface area contributed by atoms with Crippen molar-refractivity contribution in [2.24, 2.45) is 10.9 Å². The zero-order chi connectivity index (χ0) is 18.1. The molecule has 4 rings (SSSR count). The van der Waals surface area contributed by atoms with Crippen LogP contribution in [0.15, 0.2) is 47.5 Å². The van der Waals surface area contributed by atoms with Gasteiger partial charge in [0.05, 0.1) is 16.8 Å². The molecule has 2 N–H and O–H groups in total. The van der Waals surface area contributed by atoms with Gasteiger partial charge in [0, 0.05) is 30.4 Å². The van der Waals surface area contributed by atoms with Crippen LogP contribution < -0.4 is 4.90 Å². The molecule has 0 aliphatic carbocycles. The highest BCUT2D eigenvalue weighted by molar-refractivity contribution is 6.02. The third-order valence-electron chi connectivity index (χ3n) is 5.01. The van der Waals surface area contributed by atoms with Gasteiger partial charge in [-0.15, -0.1) is 0 Å². The van der Waals surface area contributed by atoms with Gasteiger partial charge >= 0.3 is 0 Å². The number of H-pyrrole nitrogens is 1. The summed E-state index contributed by atoms with van der Waals surface area (Å²) in [6, 6.07) is 12.8. The molecule has 1 aliphatic heterocycles. The van der Waals surface area contributed by atoms with Gasteiger partial charge in [-0.05, 0) is 55.2 Å². The Balaban J connectivity index is 1.57. The molecule has 1 unspecified atom stereocenters. The summed E-state index contributed by atoms with van der Waals surface area (Å²) >= 11 is 0. The number of benzene rings is 2. The number of piperidine rings is 1. The molecule has 26 heavy (non-hydrogen) atoms. The molecule has 0 radical (unpaired) electrons. The fraction of sp³-hybridized carbons (Fsp3) is 0.286. The van der Waals surface area contributed by atoms with Gasteiger partial charge in [0.2, 0.25) is 0 Å². The zero-order valence-corrected chi connectivity index (χ0v) is 14.7. The number of nitrogens with zero attached hydrogens (tertiary/aromatic N) is 2. The summed E-state index contributed by atoms with van der Waals surface area (Å²) in [6.07, 6.45) is 4.03. The van der Waals surface area contributed by atoms with E-state index in [0.29, 0.717) is 16.5 Å². The van der Waals surface area contributed by atoms with Crippen LogP contribution in [0.25, 0.3) is 10.9 Å². The molecule has 3 aromatic rings. The van der Waals surface area contributed by atoms with Crippen molar-refractivity contribution in [3.8, 4) is 5.88 Å². The summed E-state index contributed by atoms with van der Waals surface area (Å²) in [4.78, 5) is 9.60. The molecular weight excluding hydrogens is 329 g/mol. The van der Waals surface area contributed by atoms with E-state index in [1.807, 2.05) is 12.1 Å². The maximum absolute atomic E-state index is 14.1. The minimum atomic E-state index is -0.380. The van der Waals surface area contributed by atoms with Crippen molar-refractivity contribution >= 4 is 28.5 Å². The van der Waals surface area contributed by atoms with Crippen LogP contribution in [0.5, 0.6) is 5.88 Å². The summed E-state index contributed by atoms with van der Waals surface area (Å²) in [6.45, 7) is 4.47. The smallest absolute Gasteiger partial charge is 0.198 e. The summed E-state index contributed by atoms with van der Waals surface area (Å²) in [7, 11) is 0. The first-order valence-corrected chi connectivity index (χ1v) is 9.00. The van der Waals surface area contributed by atoms with Gasteiger partial charge in [-0.2, -0.15) is 0 Å². The number of aromatic hydroxyl groups is 1. The van der Waals surface area contributed by atoms with Gasteiger partial charge in [0.25, 0.3) is 0 Å². The minimum Gasteiger partial charge on any atom is -0.494 e. The topological polar surface area (TPSA) is 51.6 Å². The lowest BCUT2D eigenvalue weighted by molar-refractivity contribution is 0.447. The van der Waals surface area contributed by atoms with Crippen molar-refractivity contribution in [2.45, 2.75) is 19.8 Å². The first-order chi connectivity index (χ1) is 12.6. The van der Waals surface area contributed by atoms with Gasteiger partial charge in [-0.1, -0.05) is 13.0 Å². The van der Waals surface area contributed by atoms with E-state index in [-0.39, 0.29) is 11.7 Å². The quantitative estimate of drug-likeness (QED) is 0.653. The van der Waals surface area contributed by atoms with Crippen LogP contribution in [0.3, 0.4) is 0 Å². The Morgan fingerprint density at radius 1 is 1.23 bits per heavy atom. The predicted octanol–water partition coefficient (Wildman–Crippen LogP) is 5.00. The fourth-order valence-corrected chi connectivity index (χ4v) is 3.65. The Labute approximate surface area is 152 Å². The van der Waals surface area contributed by atoms with E-state index >= 15 is 0 Å². The van der Waals surface area contributed by atoms with Crippen molar-refractivity contribution < 1.29 is 9.50 Å². The number of halogens is 1. The lowest BCUT2D eigenvalue weighted by Gasteiger charge is -2.32. The number of aromatic amines is 1. The SMILES string of the molecule is CC1CCCN(c2ccc(N=Cc3c(O)[nH]c4cccc(F)c34)cc2)C1. The Kier molecular flexibility index (Phi) is 4.37. The van der Waals surface area contributed by atoms with Gasteiger partial charge < -0.3 is 15.0 Å². The van der Waals surface area contributed by atoms with E-state index in [4.69, 9.17) is 0 Å². The molecule has 0 spiro atoms. The van der Waals surface area contributed by atoms with E-state index in [1.54, 1.807) is 12.1 Å². The van der Waals surface area contributed by atoms with Crippen LogP contribution in [0, 0.1) is 11.7 Å². The van der Waals surface area contributed by atoms with E-state index < -0.39 is 0 Å². The molecule has 2 aromatic carbocycles. The second kappa shape index (κ2) is 6.83. The summed E-state index contributed by atoms with van der Waals surface area (Å²) < 4.78 is 14.1. The monoisotopic (exact) mass is 351 g/mol. The van der Waals surface area contributed by atoms with E-state index in [9.17, 15) is 9.50 Å². The second-order valence-electron chi connectivity index (χ2n) is 7.02. The third-order valence-corrected chi connectivity index (χ3v) is 5.01. The van der Waals surface area contributed by atoms with Crippen molar-refractivity contribution in [1.82, 2.24) is 4.98 Å². The molecule has 1 fully saturated rings. The lowest BCUT2D eigenvalue weighted by atomic mass is 10.00. The number of hydrogen-bond donors (Lipinski definition) is 2. The molecule has 1 aromatic heterocycles. The van der Waals surface area contributed by atoms with Gasteiger partial charge in [0.1, 0.15) is 5.82 Å². The molecule has 0 saturated carbocycles. The largest absolute Gasteiger partial charge is 0.494 e. The standard InChI is InChI=1S/C21H22FN3O/c1-14-4-3-11-25(13-14)16-9-7-15(8-10-16)23-12-17-20-18(22)5-2-6-19(20)24-21(17)26/h2,5-10,12,14,24,26H,3-4,11,13H2,1H3. The normalized spacial score (nSPS) is 18.1. The van der Waals surface area contributed by atoms with Crippen LogP contribution in [0.2, 0.25) is 0 Å². The third kappa shape index (κ3) is 3.17. The molecule has 2 heterocycles. The van der Waals surface area contributed by atoms with Crippen LogP contribution in [-0.2, 0) is 0 Å². The van der Waals surface area contributed by atoms with Crippen molar-refractivity contribution in [3.63, 3.8) is 0 Å². The molecule has 134 valence electrons. The molecule has 1 atom stereocenters. The highest BCUT2D eigenvalue weighted by atomic mass is 19.1. The second-order valence-corrected chi connectivity index (χ2v) is 7.02. The lowest BCUT2D eigenvalue weighted by Crippen LogP contribution is -2.34. The van der Waals surface area contributed by atoms with Crippen LogP contribution >= 0.6 is 0 Å². The van der Waals surface area contributed by atoms with E-state index in [1.165, 1.54) is 30.8 Å². The number of aromatic nitrogens is 1. The Bertz CT molecular complexity index is 946. The number of anilines is 1. The first kappa shape index (κ1) is 16.6. The zero-order valence-electron chi connectivity index (χ0n) is 14.7. The van der Waals surface area contributed by atoms with Gasteiger partial charge in [-0.25, -0.2) is 4.39 Å². The molecule has 1 aliphatic rings. The van der Waals surface area contributed by atoms with E-state index in [0.717, 1.165) is 24.7 Å². The number of rotatable bonds is 3. The predicted molar refractivity (Wildman–Crippen MR) is 104 cm³/mol. The maximum atomic E-state index is 14.1. The highest BCUT2D eigenvalue weighted by Crippen LogP contribution is 2.29. The Hall–Kier alpha value is -2.82. The number of hydrogen-bond acceptors (Lipinski definition) is 3. The van der Waals surface area contributed by atoms with Crippen molar-refractivity contribution in [2.75, 3.05) is 18.0 Å². The Morgan fingerprint density at radius 2 is 2.04 bits per heavy atom. The molecule has 0 amide bonds. The summed E-state index contributed by atoms with van der Waals surface area (Å²) in [5, 5.41) is 10.4. The van der Waals surface area contributed by atoms with Crippen molar-refractivity contribution in [1.29, 1.82) is 0 Å². The molecule has 4 nitrogen and oxygen atoms in total. The number of nitrogens with one attached hydrogen (secondary N) is 1. The number of aliphatic imine (C=N–C) groups is 1. The average molecular weight is 351 g/mol. The molecule has 1 saturated heterocycles. The Morgan fingerprint density at radius 3 is 2.81 bits per heavy atom. The highest BCUT2D eigenvalue weighted by Gasteiger charge is 2.16. The van der Waals surface area contributed by atoms with E-state index in [2.05, 4.69) is 33.9 Å². The molecule has 5 heteroatoms. The first-order valence-electron chi connectivity index (χ1n) is 9.00. The number of fused-ring (bicyclic) bond motifs is 1. The summed E-state index contributed by atoms with van der Waals surface area (Å²) in [5.74, 6) is 0.268. The fourth-order valence-electron chi connectivity index (χ4n) is 3.65. The van der Waals surface area contributed by atoms with Crippen molar-refractivity contribution in [3.05, 3.63) is 53.8 Å². The van der Waals surface area contributed by atoms with Gasteiger partial charge in [0.15, 0.2) is 5.88 Å². The molecular formula is C21H22FN3O. The average Bonchev–Trinajstić information content (AvgIpc) is 2.97. The molecule has 0 bridgehead atoms. The van der Waals surface area contributed by atoms with Gasteiger partial charge in [-0.3, -0.25) is 4.99 Å². The van der Waals surface area contributed by atoms with Crippen LogP contribution in [0.4, 0.5) is 15.8 Å². The van der Waals surface area contributed by atoms with Crippen LogP contribution in [-0.4, -0.2) is 29.4 Å². The maximum Gasteiger partial charge on any atom is 0.198 e. The minimum absolute atomic E-state index is 0.0761. The van der Waals surface area contributed by atoms with Crippen LogP contribution in [0.1, 0.15) is 25.3 Å². The summed E-state index contributed by atoms with van der Waals surface area (Å²) in [5.41, 5.74) is 2.89.